The van der Waals surface area contributed by atoms with Crippen LogP contribution >= 0.6 is 11.6 Å². The molecule has 0 aliphatic carbocycles. The first-order chi connectivity index (χ1) is 9.58. The third kappa shape index (κ3) is 2.34. The average molecular weight is 295 g/mol. The van der Waals surface area contributed by atoms with E-state index in [0.717, 1.165) is 19.4 Å². The van der Waals surface area contributed by atoms with Crippen LogP contribution in [0.2, 0.25) is 5.15 Å². The van der Waals surface area contributed by atoms with E-state index in [9.17, 15) is 4.79 Å². The zero-order chi connectivity index (χ0) is 14.2. The summed E-state index contributed by atoms with van der Waals surface area (Å²) in [6.07, 6.45) is 3.30. The minimum absolute atomic E-state index is 0.101. The summed E-state index contributed by atoms with van der Waals surface area (Å²) in [5.74, 6) is 0.0852. The number of aromatic amines is 1. The summed E-state index contributed by atoms with van der Waals surface area (Å²) >= 11 is 6.02. The van der Waals surface area contributed by atoms with Gasteiger partial charge in [0.15, 0.2) is 10.8 Å². The van der Waals surface area contributed by atoms with Gasteiger partial charge in [0.1, 0.15) is 5.52 Å². The summed E-state index contributed by atoms with van der Waals surface area (Å²) < 4.78 is 0. The van der Waals surface area contributed by atoms with E-state index < -0.39 is 5.41 Å². The number of hydrogen-bond donors (Lipinski definition) is 3. The van der Waals surface area contributed by atoms with Crippen LogP contribution in [0.3, 0.4) is 0 Å². The van der Waals surface area contributed by atoms with Gasteiger partial charge in [-0.3, -0.25) is 10.1 Å². The fraction of sp³-hybridized carbons (Fsp3) is 0.500. The first kappa shape index (κ1) is 13.3. The molecule has 1 amide bonds. The Morgan fingerprint density at radius 1 is 1.50 bits per heavy atom. The highest BCUT2D eigenvalue weighted by Gasteiger charge is 2.35. The first-order valence-corrected chi connectivity index (χ1v) is 6.85. The number of amides is 1. The number of rotatable bonds is 2. The van der Waals surface area contributed by atoms with Crippen LogP contribution in [-0.4, -0.2) is 38.9 Å². The van der Waals surface area contributed by atoms with E-state index in [1.807, 2.05) is 6.92 Å². The minimum Gasteiger partial charge on any atom is -0.341 e. The van der Waals surface area contributed by atoms with Crippen LogP contribution in [0.4, 0.5) is 5.95 Å². The molecule has 2 aromatic heterocycles. The number of hydrogen-bond acceptors (Lipinski definition) is 5. The van der Waals surface area contributed by atoms with Crippen molar-refractivity contribution in [1.82, 2.24) is 25.3 Å². The molecular weight excluding hydrogens is 280 g/mol. The van der Waals surface area contributed by atoms with Crippen LogP contribution in [0.25, 0.3) is 11.2 Å². The molecule has 1 atom stereocenters. The molecule has 3 N–H and O–H groups in total. The molecule has 3 heterocycles. The molecule has 0 saturated carbocycles. The fourth-order valence-electron chi connectivity index (χ4n) is 2.36. The highest BCUT2D eigenvalue weighted by atomic mass is 35.5. The molecule has 20 heavy (non-hydrogen) atoms. The Morgan fingerprint density at radius 3 is 3.10 bits per heavy atom. The summed E-state index contributed by atoms with van der Waals surface area (Å²) in [7, 11) is 0. The van der Waals surface area contributed by atoms with E-state index >= 15 is 0 Å². The summed E-state index contributed by atoms with van der Waals surface area (Å²) in [6, 6.07) is 0. The lowest BCUT2D eigenvalue weighted by atomic mass is 9.82. The molecule has 0 radical (unpaired) electrons. The second-order valence-electron chi connectivity index (χ2n) is 5.23. The molecule has 1 aliphatic heterocycles. The predicted octanol–water partition coefficient (Wildman–Crippen LogP) is 1.33. The largest absolute Gasteiger partial charge is 0.341 e. The molecule has 106 valence electrons. The van der Waals surface area contributed by atoms with Gasteiger partial charge in [0.05, 0.1) is 11.7 Å². The van der Waals surface area contributed by atoms with Crippen molar-refractivity contribution in [2.24, 2.45) is 5.41 Å². The SMILES string of the molecule is CC1(C(=O)Nc2nc(Cl)c3[nH]cnc3n2)CCCNC1. The molecule has 2 aromatic rings. The van der Waals surface area contributed by atoms with Gasteiger partial charge in [-0.25, -0.2) is 4.98 Å². The zero-order valence-electron chi connectivity index (χ0n) is 11.0. The van der Waals surface area contributed by atoms with Gasteiger partial charge in [0.2, 0.25) is 11.9 Å². The third-order valence-electron chi connectivity index (χ3n) is 3.61. The number of nitrogens with one attached hydrogen (secondary N) is 3. The smallest absolute Gasteiger partial charge is 0.233 e. The van der Waals surface area contributed by atoms with Crippen molar-refractivity contribution in [3.05, 3.63) is 11.5 Å². The van der Waals surface area contributed by atoms with E-state index in [-0.39, 0.29) is 17.0 Å². The average Bonchev–Trinajstić information content (AvgIpc) is 2.88. The lowest BCUT2D eigenvalue weighted by Crippen LogP contribution is -2.46. The molecule has 0 bridgehead atoms. The van der Waals surface area contributed by atoms with Crippen molar-refractivity contribution in [3.63, 3.8) is 0 Å². The van der Waals surface area contributed by atoms with Crippen LogP contribution in [-0.2, 0) is 4.79 Å². The normalized spacial score (nSPS) is 22.9. The summed E-state index contributed by atoms with van der Waals surface area (Å²) in [4.78, 5) is 27.5. The van der Waals surface area contributed by atoms with Crippen molar-refractivity contribution >= 4 is 34.6 Å². The van der Waals surface area contributed by atoms with Gasteiger partial charge in [-0.2, -0.15) is 9.97 Å². The van der Waals surface area contributed by atoms with Crippen molar-refractivity contribution in [2.75, 3.05) is 18.4 Å². The lowest BCUT2D eigenvalue weighted by molar-refractivity contribution is -0.125. The van der Waals surface area contributed by atoms with Gasteiger partial charge in [-0.1, -0.05) is 11.6 Å². The second-order valence-corrected chi connectivity index (χ2v) is 5.59. The van der Waals surface area contributed by atoms with Crippen molar-refractivity contribution in [1.29, 1.82) is 0 Å². The number of halogens is 1. The van der Waals surface area contributed by atoms with Crippen LogP contribution in [0.5, 0.6) is 0 Å². The number of anilines is 1. The number of fused-ring (bicyclic) bond motifs is 1. The highest BCUT2D eigenvalue weighted by Crippen LogP contribution is 2.27. The fourth-order valence-corrected chi connectivity index (χ4v) is 2.58. The van der Waals surface area contributed by atoms with Crippen molar-refractivity contribution < 1.29 is 4.79 Å². The molecule has 7 nitrogen and oxygen atoms in total. The maximum atomic E-state index is 12.4. The predicted molar refractivity (Wildman–Crippen MR) is 75.5 cm³/mol. The van der Waals surface area contributed by atoms with Crippen LogP contribution < -0.4 is 10.6 Å². The van der Waals surface area contributed by atoms with E-state index in [2.05, 4.69) is 30.6 Å². The molecule has 0 aromatic carbocycles. The topological polar surface area (TPSA) is 95.6 Å². The zero-order valence-corrected chi connectivity index (χ0v) is 11.8. The molecular formula is C12H15ClN6O. The summed E-state index contributed by atoms with van der Waals surface area (Å²) in [6.45, 7) is 3.53. The van der Waals surface area contributed by atoms with Gasteiger partial charge < -0.3 is 10.3 Å². The molecule has 1 unspecified atom stereocenters. The number of imidazole rings is 1. The second kappa shape index (κ2) is 4.99. The number of carbonyl (C=O) groups is 1. The van der Waals surface area contributed by atoms with E-state index in [1.165, 1.54) is 6.33 Å². The summed E-state index contributed by atoms with van der Waals surface area (Å²) in [5.41, 5.74) is 0.552. The maximum Gasteiger partial charge on any atom is 0.233 e. The van der Waals surface area contributed by atoms with Gasteiger partial charge in [-0.05, 0) is 26.3 Å². The van der Waals surface area contributed by atoms with Crippen LogP contribution in [0, 0.1) is 5.41 Å². The third-order valence-corrected chi connectivity index (χ3v) is 3.89. The standard InChI is InChI=1S/C12H15ClN6O/c1-12(3-2-4-14-5-12)10(20)19-11-17-8(13)7-9(18-11)16-6-15-7/h6,14H,2-5H2,1H3,(H2,15,16,17,18,19,20). The number of aromatic nitrogens is 4. The molecule has 8 heteroatoms. The van der Waals surface area contributed by atoms with Gasteiger partial charge >= 0.3 is 0 Å². The monoisotopic (exact) mass is 294 g/mol. The summed E-state index contributed by atoms with van der Waals surface area (Å²) in [5, 5.41) is 6.21. The van der Waals surface area contributed by atoms with Crippen LogP contribution in [0.1, 0.15) is 19.8 Å². The minimum atomic E-state index is -0.450. The molecule has 0 spiro atoms. The van der Waals surface area contributed by atoms with Gasteiger partial charge in [0, 0.05) is 6.54 Å². The Labute approximate surface area is 120 Å². The van der Waals surface area contributed by atoms with E-state index in [4.69, 9.17) is 11.6 Å². The Morgan fingerprint density at radius 2 is 2.35 bits per heavy atom. The molecule has 3 rings (SSSR count). The lowest BCUT2D eigenvalue weighted by Gasteiger charge is -2.32. The quantitative estimate of drug-likeness (QED) is 0.726. The highest BCUT2D eigenvalue weighted by molar-refractivity contribution is 6.33. The number of piperidine rings is 1. The number of nitrogens with zero attached hydrogens (tertiary/aromatic N) is 3. The Balaban J connectivity index is 1.83. The van der Waals surface area contributed by atoms with Gasteiger partial charge in [0.25, 0.3) is 0 Å². The van der Waals surface area contributed by atoms with E-state index in [0.29, 0.717) is 17.7 Å². The molecule has 1 fully saturated rings. The number of H-pyrrole nitrogens is 1. The molecule has 1 aliphatic rings. The number of carbonyl (C=O) groups excluding carboxylic acids is 1. The Hall–Kier alpha value is -1.73. The van der Waals surface area contributed by atoms with Gasteiger partial charge in [-0.15, -0.1) is 0 Å². The van der Waals surface area contributed by atoms with Crippen molar-refractivity contribution in [3.8, 4) is 0 Å². The van der Waals surface area contributed by atoms with E-state index in [1.54, 1.807) is 0 Å². The van der Waals surface area contributed by atoms with Crippen molar-refractivity contribution in [2.45, 2.75) is 19.8 Å². The maximum absolute atomic E-state index is 12.4. The first-order valence-electron chi connectivity index (χ1n) is 6.47. The molecule has 1 saturated heterocycles. The van der Waals surface area contributed by atoms with Crippen LogP contribution in [0.15, 0.2) is 6.33 Å². The Kier molecular flexibility index (Phi) is 3.31. The Bertz CT molecular complexity index is 648.